The van der Waals surface area contributed by atoms with Gasteiger partial charge in [-0.3, -0.25) is 9.59 Å². The summed E-state index contributed by atoms with van der Waals surface area (Å²) in [5.74, 6) is 0.705. The number of rotatable bonds is 10. The topological polar surface area (TPSA) is 83.1 Å². The lowest BCUT2D eigenvalue weighted by molar-refractivity contribution is -0.139. The molecular formula is C24H29NO6S. The van der Waals surface area contributed by atoms with Gasteiger partial charge in [0.25, 0.3) is 5.91 Å². The minimum absolute atomic E-state index is 0.124. The van der Waals surface area contributed by atoms with E-state index in [1.165, 1.54) is 18.9 Å². The minimum atomic E-state index is -0.416. The molecule has 2 atom stereocenters. The van der Waals surface area contributed by atoms with E-state index in [-0.39, 0.29) is 18.0 Å². The highest BCUT2D eigenvalue weighted by Crippen LogP contribution is 2.30. The molecule has 1 heterocycles. The molecule has 1 fully saturated rings. The molecule has 0 aliphatic carbocycles. The summed E-state index contributed by atoms with van der Waals surface area (Å²) in [6.45, 7) is 3.35. The first kappa shape index (κ1) is 23.9. The summed E-state index contributed by atoms with van der Waals surface area (Å²) in [7, 11) is 2.94. The number of nitrogens with one attached hydrogen (secondary N) is 1. The van der Waals surface area contributed by atoms with Gasteiger partial charge >= 0.3 is 5.97 Å². The van der Waals surface area contributed by atoms with Crippen LogP contribution in [-0.2, 0) is 20.8 Å². The molecule has 8 heteroatoms. The summed E-state index contributed by atoms with van der Waals surface area (Å²) < 4.78 is 21.7. The van der Waals surface area contributed by atoms with Gasteiger partial charge in [0.1, 0.15) is 11.9 Å². The zero-order chi connectivity index (χ0) is 22.9. The highest BCUT2D eigenvalue weighted by molar-refractivity contribution is 8.00. The maximum Gasteiger partial charge on any atom is 0.318 e. The predicted octanol–water partition coefficient (Wildman–Crippen LogP) is 3.84. The van der Waals surface area contributed by atoms with Crippen LogP contribution in [0.25, 0.3) is 0 Å². The molecule has 0 saturated carbocycles. The van der Waals surface area contributed by atoms with Gasteiger partial charge in [-0.15, -0.1) is 11.8 Å². The van der Waals surface area contributed by atoms with Gasteiger partial charge in [0, 0.05) is 18.0 Å². The third-order valence-corrected chi connectivity index (χ3v) is 6.25. The Labute approximate surface area is 192 Å². The van der Waals surface area contributed by atoms with Crippen molar-refractivity contribution < 1.29 is 28.5 Å². The number of benzene rings is 2. The highest BCUT2D eigenvalue weighted by Gasteiger charge is 2.20. The second-order valence-electron chi connectivity index (χ2n) is 7.39. The zero-order valence-corrected chi connectivity index (χ0v) is 19.4. The summed E-state index contributed by atoms with van der Waals surface area (Å²) in [6, 6.07) is 12.8. The molecule has 1 aliphatic rings. The van der Waals surface area contributed by atoms with Crippen LogP contribution in [-0.4, -0.2) is 50.7 Å². The monoisotopic (exact) mass is 459 g/mol. The molecule has 2 unspecified atom stereocenters. The standard InChI is InChI=1S/C24H29NO6S/c1-16(24(27)29-3)32-22-9-5-4-8-19(22)23(26)25-14-17-10-11-20(21(13-17)28-2)31-15-18-7-6-12-30-18/h4-5,8-11,13,16,18H,6-7,12,14-15H2,1-3H3,(H,25,26). The van der Waals surface area contributed by atoms with E-state index in [1.807, 2.05) is 30.3 Å². The smallest absolute Gasteiger partial charge is 0.318 e. The SMILES string of the molecule is COC(=O)C(C)Sc1ccccc1C(=O)NCc1ccc(OCC2CCCO2)c(OC)c1. The van der Waals surface area contributed by atoms with E-state index in [9.17, 15) is 9.59 Å². The van der Waals surface area contributed by atoms with E-state index >= 15 is 0 Å². The number of hydrogen-bond donors (Lipinski definition) is 1. The fourth-order valence-electron chi connectivity index (χ4n) is 3.34. The lowest BCUT2D eigenvalue weighted by Gasteiger charge is -2.15. The average molecular weight is 460 g/mol. The van der Waals surface area contributed by atoms with Crippen LogP contribution in [0.2, 0.25) is 0 Å². The Bertz CT molecular complexity index is 928. The van der Waals surface area contributed by atoms with Crippen molar-refractivity contribution in [1.29, 1.82) is 0 Å². The third-order valence-electron chi connectivity index (χ3n) is 5.10. The molecule has 3 rings (SSSR count). The normalized spacial score (nSPS) is 16.3. The Balaban J connectivity index is 1.61. The number of ether oxygens (including phenoxy) is 4. The van der Waals surface area contributed by atoms with Crippen molar-refractivity contribution in [3.05, 3.63) is 53.6 Å². The Kier molecular flexibility index (Phi) is 8.81. The molecule has 0 bridgehead atoms. The molecule has 0 aromatic heterocycles. The van der Waals surface area contributed by atoms with Crippen molar-refractivity contribution in [1.82, 2.24) is 5.32 Å². The average Bonchev–Trinajstić information content (AvgIpc) is 3.34. The molecule has 1 saturated heterocycles. The molecule has 0 spiro atoms. The maximum absolute atomic E-state index is 12.8. The van der Waals surface area contributed by atoms with Crippen molar-refractivity contribution in [2.75, 3.05) is 27.4 Å². The summed E-state index contributed by atoms with van der Waals surface area (Å²) in [5, 5.41) is 2.52. The third kappa shape index (κ3) is 6.40. The van der Waals surface area contributed by atoms with Gasteiger partial charge in [-0.1, -0.05) is 18.2 Å². The maximum atomic E-state index is 12.8. The van der Waals surface area contributed by atoms with E-state index in [1.54, 1.807) is 26.2 Å². The Morgan fingerprint density at radius 2 is 2.00 bits per heavy atom. The van der Waals surface area contributed by atoms with Crippen molar-refractivity contribution in [3.8, 4) is 11.5 Å². The molecule has 32 heavy (non-hydrogen) atoms. The second kappa shape index (κ2) is 11.8. The van der Waals surface area contributed by atoms with Crippen LogP contribution in [0, 0.1) is 0 Å². The van der Waals surface area contributed by atoms with Gasteiger partial charge in [-0.25, -0.2) is 0 Å². The summed E-state index contributed by atoms with van der Waals surface area (Å²) in [6.07, 6.45) is 2.19. The molecule has 7 nitrogen and oxygen atoms in total. The van der Waals surface area contributed by atoms with Gasteiger partial charge < -0.3 is 24.3 Å². The first-order valence-electron chi connectivity index (χ1n) is 10.5. The largest absolute Gasteiger partial charge is 0.493 e. The first-order valence-corrected chi connectivity index (χ1v) is 11.4. The Morgan fingerprint density at radius 3 is 2.72 bits per heavy atom. The van der Waals surface area contributed by atoms with Crippen molar-refractivity contribution in [3.63, 3.8) is 0 Å². The fourth-order valence-corrected chi connectivity index (χ4v) is 4.36. The van der Waals surface area contributed by atoms with Crippen LogP contribution < -0.4 is 14.8 Å². The highest BCUT2D eigenvalue weighted by atomic mass is 32.2. The molecule has 172 valence electrons. The van der Waals surface area contributed by atoms with Crippen LogP contribution in [0.5, 0.6) is 11.5 Å². The minimum Gasteiger partial charge on any atom is -0.493 e. The van der Waals surface area contributed by atoms with Crippen LogP contribution in [0.3, 0.4) is 0 Å². The van der Waals surface area contributed by atoms with Crippen molar-refractivity contribution >= 4 is 23.6 Å². The summed E-state index contributed by atoms with van der Waals surface area (Å²) in [4.78, 5) is 25.3. The van der Waals surface area contributed by atoms with Crippen molar-refractivity contribution in [2.45, 2.75) is 42.6 Å². The van der Waals surface area contributed by atoms with Gasteiger partial charge in [-0.05, 0) is 49.6 Å². The van der Waals surface area contributed by atoms with E-state index in [2.05, 4.69) is 5.32 Å². The number of carbonyl (C=O) groups excluding carboxylic acids is 2. The second-order valence-corrected chi connectivity index (χ2v) is 8.78. The summed E-state index contributed by atoms with van der Waals surface area (Å²) >= 11 is 1.29. The number of amides is 1. The van der Waals surface area contributed by atoms with E-state index in [4.69, 9.17) is 18.9 Å². The number of esters is 1. The van der Waals surface area contributed by atoms with Crippen LogP contribution >= 0.6 is 11.8 Å². The first-order chi connectivity index (χ1) is 15.5. The molecular weight excluding hydrogens is 430 g/mol. The van der Waals surface area contributed by atoms with Crippen LogP contribution in [0.15, 0.2) is 47.4 Å². The van der Waals surface area contributed by atoms with E-state index in [0.717, 1.165) is 29.9 Å². The van der Waals surface area contributed by atoms with Crippen LogP contribution in [0.4, 0.5) is 0 Å². The summed E-state index contributed by atoms with van der Waals surface area (Å²) in [5.41, 5.74) is 1.39. The Morgan fingerprint density at radius 1 is 1.19 bits per heavy atom. The molecule has 0 radical (unpaired) electrons. The number of thioether (sulfide) groups is 1. The Hall–Kier alpha value is -2.71. The van der Waals surface area contributed by atoms with E-state index in [0.29, 0.717) is 30.2 Å². The lowest BCUT2D eigenvalue weighted by atomic mass is 10.1. The quantitative estimate of drug-likeness (QED) is 0.427. The van der Waals surface area contributed by atoms with Gasteiger partial charge in [-0.2, -0.15) is 0 Å². The van der Waals surface area contributed by atoms with E-state index < -0.39 is 5.25 Å². The predicted molar refractivity (Wildman–Crippen MR) is 122 cm³/mol. The van der Waals surface area contributed by atoms with Crippen LogP contribution in [0.1, 0.15) is 35.7 Å². The molecule has 1 N–H and O–H groups in total. The van der Waals surface area contributed by atoms with Gasteiger partial charge in [0.05, 0.1) is 25.9 Å². The number of carbonyl (C=O) groups is 2. The molecule has 1 amide bonds. The number of hydrogen-bond acceptors (Lipinski definition) is 7. The van der Waals surface area contributed by atoms with Crippen molar-refractivity contribution in [2.24, 2.45) is 0 Å². The van der Waals surface area contributed by atoms with Gasteiger partial charge in [0.15, 0.2) is 11.5 Å². The number of methoxy groups -OCH3 is 2. The van der Waals surface area contributed by atoms with Gasteiger partial charge in [0.2, 0.25) is 0 Å². The fraction of sp³-hybridized carbons (Fsp3) is 0.417. The lowest BCUT2D eigenvalue weighted by Crippen LogP contribution is -2.24. The molecule has 2 aromatic rings. The zero-order valence-electron chi connectivity index (χ0n) is 18.6. The molecule has 2 aromatic carbocycles. The molecule has 1 aliphatic heterocycles.